The van der Waals surface area contributed by atoms with Gasteiger partial charge >= 0.3 is 6.03 Å². The lowest BCUT2D eigenvalue weighted by atomic mass is 10.1. The molecule has 0 aromatic heterocycles. The van der Waals surface area contributed by atoms with Gasteiger partial charge in [0.25, 0.3) is 0 Å². The van der Waals surface area contributed by atoms with Crippen LogP contribution < -0.4 is 20.7 Å². The van der Waals surface area contributed by atoms with Crippen molar-refractivity contribution in [3.05, 3.63) is 59.1 Å². The maximum atomic E-state index is 11.8. The van der Waals surface area contributed by atoms with Crippen LogP contribution in [0.4, 0.5) is 10.5 Å². The van der Waals surface area contributed by atoms with E-state index in [1.165, 1.54) is 0 Å². The molecule has 2 rings (SSSR count). The molecule has 0 aliphatic heterocycles. The van der Waals surface area contributed by atoms with E-state index in [0.717, 1.165) is 5.56 Å². The second kappa shape index (κ2) is 9.54. The molecule has 0 saturated carbocycles. The molecule has 132 valence electrons. The van der Waals surface area contributed by atoms with Crippen molar-refractivity contribution in [1.82, 2.24) is 10.6 Å². The number of urea groups is 1. The maximum Gasteiger partial charge on any atom is 0.319 e. The van der Waals surface area contributed by atoms with Crippen LogP contribution in [0.2, 0.25) is 5.02 Å². The number of nitrogens with one attached hydrogen (secondary N) is 3. The van der Waals surface area contributed by atoms with Gasteiger partial charge in [0.15, 0.2) is 0 Å². The lowest BCUT2D eigenvalue weighted by Gasteiger charge is -2.09. The molecule has 0 atom stereocenters. The highest BCUT2D eigenvalue weighted by Gasteiger charge is 2.06. The first kappa shape index (κ1) is 18.6. The molecule has 25 heavy (non-hydrogen) atoms. The zero-order valence-electron chi connectivity index (χ0n) is 13.8. The summed E-state index contributed by atoms with van der Waals surface area (Å²) in [5.41, 5.74) is 1.62. The standard InChI is InChI=1S/C18H20ClN3O3/c1-25-16-7-3-6-15(11-16)22-18(24)21-12-17(23)20-9-8-13-4-2-5-14(19)10-13/h2-7,10-11H,8-9,12H2,1H3,(H,20,23)(H2,21,22,24). The summed E-state index contributed by atoms with van der Waals surface area (Å²) in [5.74, 6) is 0.374. The molecule has 0 aliphatic rings. The third-order valence-corrected chi connectivity index (χ3v) is 3.60. The Labute approximate surface area is 151 Å². The average molecular weight is 362 g/mol. The second-order valence-electron chi connectivity index (χ2n) is 5.27. The number of amides is 3. The molecule has 0 heterocycles. The van der Waals surface area contributed by atoms with Gasteiger partial charge in [-0.15, -0.1) is 0 Å². The van der Waals surface area contributed by atoms with E-state index < -0.39 is 6.03 Å². The van der Waals surface area contributed by atoms with Crippen LogP contribution in [0.15, 0.2) is 48.5 Å². The number of hydrogen-bond acceptors (Lipinski definition) is 3. The minimum absolute atomic E-state index is 0.106. The van der Waals surface area contributed by atoms with Gasteiger partial charge in [-0.3, -0.25) is 4.79 Å². The van der Waals surface area contributed by atoms with Gasteiger partial charge in [0.2, 0.25) is 5.91 Å². The summed E-state index contributed by atoms with van der Waals surface area (Å²) in [4.78, 5) is 23.5. The lowest BCUT2D eigenvalue weighted by Crippen LogP contribution is -2.39. The van der Waals surface area contributed by atoms with E-state index in [-0.39, 0.29) is 12.5 Å². The third kappa shape index (κ3) is 6.73. The minimum atomic E-state index is -0.460. The Hall–Kier alpha value is -2.73. The Bertz CT molecular complexity index is 737. The fourth-order valence-corrected chi connectivity index (χ4v) is 2.35. The zero-order valence-corrected chi connectivity index (χ0v) is 14.6. The van der Waals surface area contributed by atoms with E-state index >= 15 is 0 Å². The maximum absolute atomic E-state index is 11.8. The van der Waals surface area contributed by atoms with Crippen molar-refractivity contribution >= 4 is 29.2 Å². The summed E-state index contributed by atoms with van der Waals surface area (Å²) < 4.78 is 5.08. The van der Waals surface area contributed by atoms with Crippen molar-refractivity contribution < 1.29 is 14.3 Å². The first-order valence-electron chi connectivity index (χ1n) is 7.77. The van der Waals surface area contributed by atoms with Crippen LogP contribution in [0.25, 0.3) is 0 Å². The second-order valence-corrected chi connectivity index (χ2v) is 5.71. The van der Waals surface area contributed by atoms with Crippen LogP contribution in [0.1, 0.15) is 5.56 Å². The highest BCUT2D eigenvalue weighted by Crippen LogP contribution is 2.16. The predicted octanol–water partition coefficient (Wildman–Crippen LogP) is 2.83. The van der Waals surface area contributed by atoms with E-state index in [1.807, 2.05) is 18.2 Å². The van der Waals surface area contributed by atoms with Gasteiger partial charge in [0, 0.05) is 23.3 Å². The molecule has 2 aromatic rings. The van der Waals surface area contributed by atoms with E-state index in [2.05, 4.69) is 16.0 Å². The van der Waals surface area contributed by atoms with Crippen molar-refractivity contribution in [2.75, 3.05) is 25.5 Å². The molecule has 0 bridgehead atoms. The molecule has 0 unspecified atom stereocenters. The zero-order chi connectivity index (χ0) is 18.1. The number of carbonyl (C=O) groups excluding carboxylic acids is 2. The lowest BCUT2D eigenvalue weighted by molar-refractivity contribution is -0.120. The number of halogens is 1. The number of hydrogen-bond donors (Lipinski definition) is 3. The first-order chi connectivity index (χ1) is 12.1. The van der Waals surface area contributed by atoms with E-state index in [9.17, 15) is 9.59 Å². The fourth-order valence-electron chi connectivity index (χ4n) is 2.14. The Kier molecular flexibility index (Phi) is 7.10. The van der Waals surface area contributed by atoms with Crippen LogP contribution in [0.3, 0.4) is 0 Å². The van der Waals surface area contributed by atoms with Crippen LogP contribution in [0.5, 0.6) is 5.75 Å². The van der Waals surface area contributed by atoms with Gasteiger partial charge < -0.3 is 20.7 Å². The van der Waals surface area contributed by atoms with Gasteiger partial charge in [-0.05, 0) is 36.2 Å². The Balaban J connectivity index is 1.67. The van der Waals surface area contributed by atoms with Crippen molar-refractivity contribution in [2.24, 2.45) is 0 Å². The molecule has 0 fully saturated rings. The summed E-state index contributed by atoms with van der Waals surface area (Å²) in [6.07, 6.45) is 0.669. The van der Waals surface area contributed by atoms with Crippen molar-refractivity contribution in [3.63, 3.8) is 0 Å². The number of methoxy groups -OCH3 is 1. The summed E-state index contributed by atoms with van der Waals surface area (Å²) >= 11 is 5.91. The van der Waals surface area contributed by atoms with Crippen LogP contribution in [-0.2, 0) is 11.2 Å². The molecule has 7 heteroatoms. The summed E-state index contributed by atoms with van der Waals surface area (Å²) in [7, 11) is 1.55. The monoisotopic (exact) mass is 361 g/mol. The molecule has 0 spiro atoms. The quantitative estimate of drug-likeness (QED) is 0.709. The van der Waals surface area contributed by atoms with Crippen LogP contribution in [-0.4, -0.2) is 32.1 Å². The molecule has 3 N–H and O–H groups in total. The summed E-state index contributed by atoms with van der Waals surface area (Å²) in [6.45, 7) is 0.365. The van der Waals surface area contributed by atoms with Crippen LogP contribution >= 0.6 is 11.6 Å². The van der Waals surface area contributed by atoms with E-state index in [4.69, 9.17) is 16.3 Å². The minimum Gasteiger partial charge on any atom is -0.497 e. The van der Waals surface area contributed by atoms with E-state index in [1.54, 1.807) is 37.4 Å². The Morgan fingerprint density at radius 2 is 1.88 bits per heavy atom. The Morgan fingerprint density at radius 3 is 2.64 bits per heavy atom. The van der Waals surface area contributed by atoms with Gasteiger partial charge in [0.05, 0.1) is 13.7 Å². The number of anilines is 1. The molecule has 0 radical (unpaired) electrons. The largest absolute Gasteiger partial charge is 0.497 e. The number of carbonyl (C=O) groups is 2. The first-order valence-corrected chi connectivity index (χ1v) is 8.14. The number of rotatable bonds is 7. The van der Waals surface area contributed by atoms with Crippen molar-refractivity contribution in [3.8, 4) is 5.75 Å². The SMILES string of the molecule is COc1cccc(NC(=O)NCC(=O)NCCc2cccc(Cl)c2)c1. The molecule has 0 aliphatic carbocycles. The molecule has 2 aromatic carbocycles. The van der Waals surface area contributed by atoms with Gasteiger partial charge in [-0.1, -0.05) is 29.8 Å². The highest BCUT2D eigenvalue weighted by atomic mass is 35.5. The van der Waals surface area contributed by atoms with Crippen molar-refractivity contribution in [1.29, 1.82) is 0 Å². The van der Waals surface area contributed by atoms with Gasteiger partial charge in [0.1, 0.15) is 5.75 Å². The topological polar surface area (TPSA) is 79.5 Å². The van der Waals surface area contributed by atoms with Crippen LogP contribution in [0, 0.1) is 0 Å². The normalized spacial score (nSPS) is 10.0. The molecular formula is C18H20ClN3O3. The summed E-state index contributed by atoms with van der Waals surface area (Å²) in [5, 5.41) is 8.55. The number of benzene rings is 2. The molecule has 6 nitrogen and oxygen atoms in total. The highest BCUT2D eigenvalue weighted by molar-refractivity contribution is 6.30. The predicted molar refractivity (Wildman–Crippen MR) is 98.2 cm³/mol. The van der Waals surface area contributed by atoms with E-state index in [0.29, 0.717) is 29.4 Å². The average Bonchev–Trinajstić information content (AvgIpc) is 2.60. The third-order valence-electron chi connectivity index (χ3n) is 3.36. The molecule has 0 saturated heterocycles. The summed E-state index contributed by atoms with van der Waals surface area (Å²) in [6, 6.07) is 14.0. The smallest absolute Gasteiger partial charge is 0.319 e. The Morgan fingerprint density at radius 1 is 1.08 bits per heavy atom. The molecule has 3 amide bonds. The van der Waals surface area contributed by atoms with Gasteiger partial charge in [-0.25, -0.2) is 4.79 Å². The molecular weight excluding hydrogens is 342 g/mol. The fraction of sp³-hybridized carbons (Fsp3) is 0.222. The number of ether oxygens (including phenoxy) is 1. The van der Waals surface area contributed by atoms with Crippen molar-refractivity contribution in [2.45, 2.75) is 6.42 Å². The van der Waals surface area contributed by atoms with Gasteiger partial charge in [-0.2, -0.15) is 0 Å².